The number of aliphatic hydroxyl groups is 1. The summed E-state index contributed by atoms with van der Waals surface area (Å²) >= 11 is 0. The molecule has 1 heterocycles. The van der Waals surface area contributed by atoms with E-state index in [1.807, 2.05) is 35.9 Å². The van der Waals surface area contributed by atoms with Gasteiger partial charge in [-0.3, -0.25) is 0 Å². The lowest BCUT2D eigenvalue weighted by Gasteiger charge is -2.06. The third kappa shape index (κ3) is 1.69. The van der Waals surface area contributed by atoms with Crippen LogP contribution in [0.2, 0.25) is 0 Å². The minimum atomic E-state index is -0.721. The van der Waals surface area contributed by atoms with Crippen LogP contribution in [-0.4, -0.2) is 14.7 Å². The second-order valence-corrected chi connectivity index (χ2v) is 3.48. The predicted molar refractivity (Wildman–Crippen MR) is 55.9 cm³/mol. The third-order valence-corrected chi connectivity index (χ3v) is 2.42. The normalized spacial score (nSPS) is 12.6. The maximum Gasteiger partial charge on any atom is 0.0955 e. The van der Waals surface area contributed by atoms with Crippen molar-refractivity contribution in [3.05, 3.63) is 30.1 Å². The Morgan fingerprint density at radius 1 is 1.60 bits per heavy atom. The minimum Gasteiger partial charge on any atom is -0.387 e. The lowest BCUT2D eigenvalue weighted by Crippen LogP contribution is -1.95. The van der Waals surface area contributed by atoms with Gasteiger partial charge in [0.2, 0.25) is 0 Å². The molecular weight excluding hydrogens is 190 g/mol. The summed E-state index contributed by atoms with van der Waals surface area (Å²) in [7, 11) is 1.92. The zero-order valence-electron chi connectivity index (χ0n) is 8.38. The number of fused-ring (bicyclic) bond motifs is 1. The Labute approximate surface area is 87.4 Å². The highest BCUT2D eigenvalue weighted by Crippen LogP contribution is 2.20. The average Bonchev–Trinajstić information content (AvgIpc) is 2.60. The molecule has 0 aliphatic carbocycles. The molecule has 76 valence electrons. The van der Waals surface area contributed by atoms with Gasteiger partial charge in [-0.25, -0.2) is 4.98 Å². The fourth-order valence-electron chi connectivity index (χ4n) is 1.56. The second-order valence-electron chi connectivity index (χ2n) is 3.48. The second kappa shape index (κ2) is 3.71. The Hall–Kier alpha value is -1.86. The van der Waals surface area contributed by atoms with Crippen LogP contribution < -0.4 is 0 Å². The zero-order chi connectivity index (χ0) is 10.8. The monoisotopic (exact) mass is 201 g/mol. The molecule has 1 aromatic carbocycles. The van der Waals surface area contributed by atoms with E-state index in [1.54, 1.807) is 6.33 Å². The Morgan fingerprint density at radius 2 is 2.40 bits per heavy atom. The number of nitriles is 1. The molecule has 1 N–H and O–H groups in total. The van der Waals surface area contributed by atoms with Crippen molar-refractivity contribution < 1.29 is 5.11 Å². The van der Waals surface area contributed by atoms with Crippen molar-refractivity contribution in [3.8, 4) is 6.07 Å². The summed E-state index contributed by atoms with van der Waals surface area (Å²) in [6, 6.07) is 7.49. The summed E-state index contributed by atoms with van der Waals surface area (Å²) in [5, 5.41) is 18.1. The average molecular weight is 201 g/mol. The van der Waals surface area contributed by atoms with E-state index in [2.05, 4.69) is 4.98 Å². The molecule has 0 amide bonds. The van der Waals surface area contributed by atoms with Crippen LogP contribution in [0.1, 0.15) is 18.1 Å². The number of hydrogen-bond acceptors (Lipinski definition) is 3. The molecule has 0 aliphatic heterocycles. The van der Waals surface area contributed by atoms with Gasteiger partial charge in [0.1, 0.15) is 0 Å². The van der Waals surface area contributed by atoms with Crippen molar-refractivity contribution in [1.82, 2.24) is 9.55 Å². The van der Waals surface area contributed by atoms with Crippen molar-refractivity contribution in [2.75, 3.05) is 0 Å². The highest BCUT2D eigenvalue weighted by atomic mass is 16.3. The number of aliphatic hydroxyl groups excluding tert-OH is 1. The number of hydrogen-bond donors (Lipinski definition) is 1. The molecule has 1 aromatic heterocycles. The lowest BCUT2D eigenvalue weighted by atomic mass is 10.1. The Kier molecular flexibility index (Phi) is 2.40. The van der Waals surface area contributed by atoms with E-state index in [1.165, 1.54) is 0 Å². The van der Waals surface area contributed by atoms with Gasteiger partial charge in [0, 0.05) is 7.05 Å². The van der Waals surface area contributed by atoms with Gasteiger partial charge in [0.05, 0.1) is 36.0 Å². The van der Waals surface area contributed by atoms with Gasteiger partial charge < -0.3 is 9.67 Å². The number of aryl methyl sites for hydroxylation is 1. The predicted octanol–water partition coefficient (Wildman–Crippen LogP) is 1.52. The first-order valence-electron chi connectivity index (χ1n) is 4.68. The van der Waals surface area contributed by atoms with Crippen LogP contribution in [0.4, 0.5) is 0 Å². The van der Waals surface area contributed by atoms with Crippen LogP contribution in [0.25, 0.3) is 11.0 Å². The van der Waals surface area contributed by atoms with E-state index in [4.69, 9.17) is 5.26 Å². The van der Waals surface area contributed by atoms with Crippen molar-refractivity contribution in [2.24, 2.45) is 7.05 Å². The summed E-state index contributed by atoms with van der Waals surface area (Å²) < 4.78 is 1.91. The van der Waals surface area contributed by atoms with Gasteiger partial charge in [-0.15, -0.1) is 0 Å². The first-order chi connectivity index (χ1) is 7.22. The van der Waals surface area contributed by atoms with Gasteiger partial charge in [-0.2, -0.15) is 5.26 Å². The number of imidazole rings is 1. The third-order valence-electron chi connectivity index (χ3n) is 2.42. The largest absolute Gasteiger partial charge is 0.387 e. The van der Waals surface area contributed by atoms with E-state index in [9.17, 15) is 5.11 Å². The van der Waals surface area contributed by atoms with E-state index in [0.29, 0.717) is 0 Å². The highest BCUT2D eigenvalue weighted by molar-refractivity contribution is 5.76. The summed E-state index contributed by atoms with van der Waals surface area (Å²) in [6.07, 6.45) is 1.12. The first kappa shape index (κ1) is 9.69. The standard InChI is InChI=1S/C11H11N3O/c1-14-7-13-9-6-8(2-3-10(9)14)11(15)4-5-12/h2-3,6-7,11,15H,4H2,1H3. The van der Waals surface area contributed by atoms with Gasteiger partial charge in [-0.1, -0.05) is 6.07 Å². The lowest BCUT2D eigenvalue weighted by molar-refractivity contribution is 0.183. The summed E-state index contributed by atoms with van der Waals surface area (Å²) in [6.45, 7) is 0. The van der Waals surface area contributed by atoms with Crippen molar-refractivity contribution in [1.29, 1.82) is 5.26 Å². The Balaban J connectivity index is 2.44. The fourth-order valence-corrected chi connectivity index (χ4v) is 1.56. The molecule has 4 nitrogen and oxygen atoms in total. The minimum absolute atomic E-state index is 0.109. The zero-order valence-corrected chi connectivity index (χ0v) is 8.38. The van der Waals surface area contributed by atoms with Crippen LogP contribution in [0.15, 0.2) is 24.5 Å². The van der Waals surface area contributed by atoms with Gasteiger partial charge in [-0.05, 0) is 17.7 Å². The molecule has 15 heavy (non-hydrogen) atoms. The number of rotatable bonds is 2. The van der Waals surface area contributed by atoms with E-state index in [0.717, 1.165) is 16.6 Å². The van der Waals surface area contributed by atoms with Gasteiger partial charge >= 0.3 is 0 Å². The number of benzene rings is 1. The molecule has 0 spiro atoms. The van der Waals surface area contributed by atoms with Crippen LogP contribution in [0, 0.1) is 11.3 Å². The molecule has 0 aliphatic rings. The van der Waals surface area contributed by atoms with Crippen LogP contribution >= 0.6 is 0 Å². The SMILES string of the molecule is Cn1cnc2cc(C(O)CC#N)ccc21. The van der Waals surface area contributed by atoms with E-state index >= 15 is 0 Å². The number of aromatic nitrogens is 2. The Morgan fingerprint density at radius 3 is 3.13 bits per heavy atom. The Bertz CT molecular complexity index is 524. The molecule has 1 atom stereocenters. The first-order valence-corrected chi connectivity index (χ1v) is 4.68. The molecule has 0 saturated carbocycles. The maximum absolute atomic E-state index is 9.63. The highest BCUT2D eigenvalue weighted by Gasteiger charge is 2.08. The molecule has 1 unspecified atom stereocenters. The topological polar surface area (TPSA) is 61.8 Å². The maximum atomic E-state index is 9.63. The molecule has 0 fully saturated rings. The fraction of sp³-hybridized carbons (Fsp3) is 0.273. The summed E-state index contributed by atoms with van der Waals surface area (Å²) in [4.78, 5) is 4.19. The van der Waals surface area contributed by atoms with Crippen LogP contribution in [-0.2, 0) is 7.05 Å². The van der Waals surface area contributed by atoms with Crippen LogP contribution in [0.5, 0.6) is 0 Å². The molecule has 2 aromatic rings. The summed E-state index contributed by atoms with van der Waals surface area (Å²) in [5.74, 6) is 0. The van der Waals surface area contributed by atoms with Gasteiger partial charge in [0.25, 0.3) is 0 Å². The molecule has 0 saturated heterocycles. The summed E-state index contributed by atoms with van der Waals surface area (Å²) in [5.41, 5.74) is 2.60. The molecule has 0 radical (unpaired) electrons. The molecule has 4 heteroatoms. The quantitative estimate of drug-likeness (QED) is 0.801. The molecular formula is C11H11N3O. The van der Waals surface area contributed by atoms with Crippen LogP contribution in [0.3, 0.4) is 0 Å². The molecule has 2 rings (SSSR count). The van der Waals surface area contributed by atoms with Crippen molar-refractivity contribution in [3.63, 3.8) is 0 Å². The van der Waals surface area contributed by atoms with Crippen molar-refractivity contribution >= 4 is 11.0 Å². The van der Waals surface area contributed by atoms with Gasteiger partial charge in [0.15, 0.2) is 0 Å². The number of nitrogens with zero attached hydrogens (tertiary/aromatic N) is 3. The van der Waals surface area contributed by atoms with E-state index < -0.39 is 6.10 Å². The molecule has 0 bridgehead atoms. The smallest absolute Gasteiger partial charge is 0.0955 e. The van der Waals surface area contributed by atoms with Crippen molar-refractivity contribution in [2.45, 2.75) is 12.5 Å². The van der Waals surface area contributed by atoms with E-state index in [-0.39, 0.29) is 6.42 Å².